The lowest BCUT2D eigenvalue weighted by molar-refractivity contribution is 0.102. The average Bonchev–Trinajstić information content (AvgIpc) is 2.83. The summed E-state index contributed by atoms with van der Waals surface area (Å²) < 4.78 is 15.5. The molecule has 1 amide bonds. The third-order valence-corrected chi connectivity index (χ3v) is 3.33. The average molecular weight is 298 g/mol. The Labute approximate surface area is 126 Å². The van der Waals surface area contributed by atoms with Crippen molar-refractivity contribution in [2.24, 2.45) is 0 Å². The number of fused-ring (bicyclic) bond motifs is 1. The highest BCUT2D eigenvalue weighted by Crippen LogP contribution is 2.17. The lowest BCUT2D eigenvalue weighted by Gasteiger charge is -2.08. The Morgan fingerprint density at radius 2 is 1.95 bits per heavy atom. The van der Waals surface area contributed by atoms with E-state index in [2.05, 4.69) is 15.4 Å². The minimum atomic E-state index is -0.466. The molecule has 112 valence electrons. The van der Waals surface area contributed by atoms with E-state index in [1.165, 1.54) is 12.1 Å². The molecule has 3 rings (SSSR count). The van der Waals surface area contributed by atoms with Crippen LogP contribution in [-0.2, 0) is 0 Å². The minimum Gasteiger partial charge on any atom is -0.318 e. The predicted molar refractivity (Wildman–Crippen MR) is 81.6 cm³/mol. The zero-order valence-corrected chi connectivity index (χ0v) is 12.5. The number of anilines is 1. The monoisotopic (exact) mass is 298 g/mol. The SMILES string of the molecule is Cc1ccc(NC(=O)c2cc(C)n3nc(C)cc3n2)c(F)c1. The van der Waals surface area contributed by atoms with Crippen molar-refractivity contribution in [1.29, 1.82) is 0 Å². The molecule has 0 radical (unpaired) electrons. The van der Waals surface area contributed by atoms with E-state index >= 15 is 0 Å². The number of halogens is 1. The number of carbonyl (C=O) groups is 1. The molecule has 1 N–H and O–H groups in total. The number of hydrogen-bond acceptors (Lipinski definition) is 3. The van der Waals surface area contributed by atoms with E-state index in [0.29, 0.717) is 5.65 Å². The largest absolute Gasteiger partial charge is 0.318 e. The van der Waals surface area contributed by atoms with Crippen molar-refractivity contribution in [3.05, 3.63) is 58.8 Å². The highest BCUT2D eigenvalue weighted by molar-refractivity contribution is 6.03. The second-order valence-corrected chi connectivity index (χ2v) is 5.28. The Hall–Kier alpha value is -2.76. The summed E-state index contributed by atoms with van der Waals surface area (Å²) in [6, 6.07) is 8.06. The number of aryl methyl sites for hydroxylation is 3. The molecule has 0 bridgehead atoms. The first-order valence-corrected chi connectivity index (χ1v) is 6.85. The van der Waals surface area contributed by atoms with Crippen LogP contribution in [0.1, 0.15) is 27.4 Å². The minimum absolute atomic E-state index is 0.139. The van der Waals surface area contributed by atoms with Gasteiger partial charge in [-0.1, -0.05) is 6.07 Å². The van der Waals surface area contributed by atoms with Crippen LogP contribution in [-0.4, -0.2) is 20.5 Å². The Balaban J connectivity index is 1.94. The number of nitrogens with one attached hydrogen (secondary N) is 1. The summed E-state index contributed by atoms with van der Waals surface area (Å²) in [4.78, 5) is 16.6. The molecule has 6 heteroatoms. The number of carbonyl (C=O) groups excluding carboxylic acids is 1. The second-order valence-electron chi connectivity index (χ2n) is 5.28. The van der Waals surface area contributed by atoms with Crippen LogP contribution >= 0.6 is 0 Å². The van der Waals surface area contributed by atoms with E-state index in [0.717, 1.165) is 17.0 Å². The molecule has 0 aliphatic carbocycles. The summed E-state index contributed by atoms with van der Waals surface area (Å²) in [5.74, 6) is -0.918. The molecule has 22 heavy (non-hydrogen) atoms. The van der Waals surface area contributed by atoms with E-state index in [-0.39, 0.29) is 11.4 Å². The fraction of sp³-hybridized carbons (Fsp3) is 0.188. The molecule has 0 unspecified atom stereocenters. The van der Waals surface area contributed by atoms with Gasteiger partial charge in [0, 0.05) is 11.8 Å². The van der Waals surface area contributed by atoms with Gasteiger partial charge in [-0.25, -0.2) is 13.9 Å². The molecule has 0 aliphatic rings. The molecule has 0 atom stereocenters. The highest BCUT2D eigenvalue weighted by atomic mass is 19.1. The molecule has 1 aromatic carbocycles. The van der Waals surface area contributed by atoms with Crippen LogP contribution in [0.15, 0.2) is 30.3 Å². The Bertz CT molecular complexity index is 885. The third kappa shape index (κ3) is 2.55. The fourth-order valence-corrected chi connectivity index (χ4v) is 2.26. The van der Waals surface area contributed by atoms with E-state index in [9.17, 15) is 9.18 Å². The zero-order chi connectivity index (χ0) is 15.9. The summed E-state index contributed by atoms with van der Waals surface area (Å²) in [7, 11) is 0. The number of hydrogen-bond donors (Lipinski definition) is 1. The van der Waals surface area contributed by atoms with Gasteiger partial charge in [0.25, 0.3) is 5.91 Å². The first kappa shape index (κ1) is 14.2. The molecule has 0 saturated heterocycles. The zero-order valence-electron chi connectivity index (χ0n) is 12.5. The summed E-state index contributed by atoms with van der Waals surface area (Å²) in [6.07, 6.45) is 0. The van der Waals surface area contributed by atoms with Crippen LogP contribution in [0.25, 0.3) is 5.65 Å². The number of nitrogens with zero attached hydrogens (tertiary/aromatic N) is 3. The van der Waals surface area contributed by atoms with Gasteiger partial charge in [0.15, 0.2) is 5.65 Å². The normalized spacial score (nSPS) is 10.9. The molecule has 0 saturated carbocycles. The molecule has 0 spiro atoms. The van der Waals surface area contributed by atoms with Crippen molar-refractivity contribution >= 4 is 17.2 Å². The molecular weight excluding hydrogens is 283 g/mol. The van der Waals surface area contributed by atoms with Crippen LogP contribution in [0, 0.1) is 26.6 Å². The molecule has 2 aromatic heterocycles. The van der Waals surface area contributed by atoms with Crippen molar-refractivity contribution in [3.8, 4) is 0 Å². The molecule has 3 aromatic rings. The lowest BCUT2D eigenvalue weighted by Crippen LogP contribution is -2.16. The van der Waals surface area contributed by atoms with Gasteiger partial charge < -0.3 is 5.32 Å². The van der Waals surface area contributed by atoms with E-state index < -0.39 is 11.7 Å². The predicted octanol–water partition coefficient (Wildman–Crippen LogP) is 3.05. The summed E-state index contributed by atoms with van der Waals surface area (Å²) in [5.41, 5.74) is 3.35. The van der Waals surface area contributed by atoms with Crippen LogP contribution in [0.4, 0.5) is 10.1 Å². The van der Waals surface area contributed by atoms with Crippen molar-refractivity contribution < 1.29 is 9.18 Å². The van der Waals surface area contributed by atoms with Gasteiger partial charge in [0.1, 0.15) is 11.5 Å². The second kappa shape index (κ2) is 5.22. The maximum absolute atomic E-state index is 13.8. The van der Waals surface area contributed by atoms with Crippen LogP contribution < -0.4 is 5.32 Å². The van der Waals surface area contributed by atoms with E-state index in [1.54, 1.807) is 29.6 Å². The maximum atomic E-state index is 13.8. The van der Waals surface area contributed by atoms with Crippen LogP contribution in [0.3, 0.4) is 0 Å². The fourth-order valence-electron chi connectivity index (χ4n) is 2.26. The lowest BCUT2D eigenvalue weighted by atomic mass is 10.2. The standard InChI is InChI=1S/C16H15FN4O/c1-9-4-5-13(12(17)6-9)19-16(22)14-8-11(3)21-15(18-14)7-10(2)20-21/h4-8H,1-3H3,(H,19,22). The van der Waals surface area contributed by atoms with Crippen molar-refractivity contribution in [2.45, 2.75) is 20.8 Å². The van der Waals surface area contributed by atoms with Crippen molar-refractivity contribution in [1.82, 2.24) is 14.6 Å². The van der Waals surface area contributed by atoms with Gasteiger partial charge >= 0.3 is 0 Å². The number of aromatic nitrogens is 3. The van der Waals surface area contributed by atoms with Gasteiger partial charge in [-0.05, 0) is 44.5 Å². The van der Waals surface area contributed by atoms with Crippen molar-refractivity contribution in [2.75, 3.05) is 5.32 Å². The summed E-state index contributed by atoms with van der Waals surface area (Å²) in [6.45, 7) is 5.48. The summed E-state index contributed by atoms with van der Waals surface area (Å²) in [5, 5.41) is 6.83. The Morgan fingerprint density at radius 3 is 2.68 bits per heavy atom. The Kier molecular flexibility index (Phi) is 3.36. The van der Waals surface area contributed by atoms with Gasteiger partial charge in [-0.2, -0.15) is 5.10 Å². The number of amides is 1. The maximum Gasteiger partial charge on any atom is 0.274 e. The molecule has 2 heterocycles. The van der Waals surface area contributed by atoms with E-state index in [4.69, 9.17) is 0 Å². The Morgan fingerprint density at radius 1 is 1.18 bits per heavy atom. The third-order valence-electron chi connectivity index (χ3n) is 3.33. The molecule has 5 nitrogen and oxygen atoms in total. The van der Waals surface area contributed by atoms with E-state index in [1.807, 2.05) is 13.8 Å². The topological polar surface area (TPSA) is 59.3 Å². The molecular formula is C16H15FN4O. The quantitative estimate of drug-likeness (QED) is 0.791. The molecule has 0 fully saturated rings. The first-order valence-electron chi connectivity index (χ1n) is 6.85. The van der Waals surface area contributed by atoms with Crippen LogP contribution in [0.2, 0.25) is 0 Å². The van der Waals surface area contributed by atoms with Crippen LogP contribution in [0.5, 0.6) is 0 Å². The van der Waals surface area contributed by atoms with Gasteiger partial charge in [0.05, 0.1) is 11.4 Å². The van der Waals surface area contributed by atoms with Crippen molar-refractivity contribution in [3.63, 3.8) is 0 Å². The first-order chi connectivity index (χ1) is 10.4. The molecule has 0 aliphatic heterocycles. The highest BCUT2D eigenvalue weighted by Gasteiger charge is 2.13. The smallest absolute Gasteiger partial charge is 0.274 e. The summed E-state index contributed by atoms with van der Waals surface area (Å²) >= 11 is 0. The van der Waals surface area contributed by atoms with Gasteiger partial charge in [-0.3, -0.25) is 4.79 Å². The van der Waals surface area contributed by atoms with Gasteiger partial charge in [-0.15, -0.1) is 0 Å². The number of benzene rings is 1. The van der Waals surface area contributed by atoms with Gasteiger partial charge in [0.2, 0.25) is 0 Å². The number of rotatable bonds is 2.